The second kappa shape index (κ2) is 3.02. The van der Waals surface area contributed by atoms with Gasteiger partial charge >= 0.3 is 0 Å². The zero-order valence-corrected chi connectivity index (χ0v) is 9.11. The van der Waals surface area contributed by atoms with Gasteiger partial charge in [0.2, 0.25) is 0 Å². The summed E-state index contributed by atoms with van der Waals surface area (Å²) in [5.41, 5.74) is 0.664. The molecule has 1 nitrogen and oxygen atoms in total. The van der Waals surface area contributed by atoms with Crippen LogP contribution in [-0.2, 0) is 4.74 Å². The molecule has 0 N–H and O–H groups in total. The van der Waals surface area contributed by atoms with E-state index in [2.05, 4.69) is 34.6 Å². The molecule has 0 bridgehead atoms. The van der Waals surface area contributed by atoms with E-state index in [4.69, 9.17) is 4.74 Å². The molecule has 0 aromatic heterocycles. The summed E-state index contributed by atoms with van der Waals surface area (Å²) in [6.07, 6.45) is 4.12. The molecule has 1 rings (SSSR count). The standard InChI is InChI=1S/C11H22O/c1-9(2)12-11(6-7-11)8-10(3,4)5/h9H,6-8H2,1-5H3. The topological polar surface area (TPSA) is 9.23 Å². The largest absolute Gasteiger partial charge is 0.372 e. The molecule has 0 unspecified atom stereocenters. The SMILES string of the molecule is CC(C)OC1(CC(C)(C)C)CC1. The first-order valence-corrected chi connectivity index (χ1v) is 5.01. The van der Waals surface area contributed by atoms with Crippen LogP contribution < -0.4 is 0 Å². The van der Waals surface area contributed by atoms with Gasteiger partial charge in [-0.25, -0.2) is 0 Å². The maximum atomic E-state index is 5.92. The highest BCUT2D eigenvalue weighted by Gasteiger charge is 2.46. The highest BCUT2D eigenvalue weighted by molar-refractivity contribution is 4.98. The van der Waals surface area contributed by atoms with Crippen molar-refractivity contribution in [3.63, 3.8) is 0 Å². The number of hydrogen-bond donors (Lipinski definition) is 0. The molecule has 1 heteroatoms. The molecule has 0 spiro atoms. The first-order chi connectivity index (χ1) is 5.33. The molecule has 1 aliphatic carbocycles. The molecule has 0 aromatic carbocycles. The Morgan fingerprint density at radius 3 is 2.00 bits per heavy atom. The molecular formula is C11H22O. The maximum absolute atomic E-state index is 5.92. The summed E-state index contributed by atoms with van der Waals surface area (Å²) >= 11 is 0. The van der Waals surface area contributed by atoms with Gasteiger partial charge in [0.05, 0.1) is 11.7 Å². The predicted octanol–water partition coefficient (Wildman–Crippen LogP) is 3.38. The van der Waals surface area contributed by atoms with E-state index >= 15 is 0 Å². The second-order valence-electron chi connectivity index (χ2n) is 5.59. The zero-order chi connectivity index (χ0) is 9.41. The van der Waals surface area contributed by atoms with Crippen molar-refractivity contribution in [3.05, 3.63) is 0 Å². The van der Waals surface area contributed by atoms with Crippen molar-refractivity contribution in [3.8, 4) is 0 Å². The van der Waals surface area contributed by atoms with Gasteiger partial charge in [-0.1, -0.05) is 20.8 Å². The van der Waals surface area contributed by atoms with Crippen LogP contribution in [0.3, 0.4) is 0 Å². The highest BCUT2D eigenvalue weighted by atomic mass is 16.5. The summed E-state index contributed by atoms with van der Waals surface area (Å²) in [6.45, 7) is 11.1. The monoisotopic (exact) mass is 170 g/mol. The lowest BCUT2D eigenvalue weighted by Gasteiger charge is -2.27. The molecule has 1 saturated carbocycles. The summed E-state index contributed by atoms with van der Waals surface area (Å²) in [4.78, 5) is 0. The fourth-order valence-corrected chi connectivity index (χ4v) is 1.94. The molecule has 1 fully saturated rings. The van der Waals surface area contributed by atoms with E-state index in [1.807, 2.05) is 0 Å². The number of ether oxygens (including phenoxy) is 1. The molecule has 0 radical (unpaired) electrons. The van der Waals surface area contributed by atoms with Gasteiger partial charge in [0.1, 0.15) is 0 Å². The Morgan fingerprint density at radius 2 is 1.75 bits per heavy atom. The van der Waals surface area contributed by atoms with E-state index in [-0.39, 0.29) is 5.60 Å². The highest BCUT2D eigenvalue weighted by Crippen LogP contribution is 2.48. The smallest absolute Gasteiger partial charge is 0.0693 e. The molecule has 0 aliphatic heterocycles. The molecule has 72 valence electrons. The minimum atomic E-state index is 0.256. The van der Waals surface area contributed by atoms with Crippen molar-refractivity contribution in [2.45, 2.75) is 65.6 Å². The van der Waals surface area contributed by atoms with E-state index in [1.165, 1.54) is 19.3 Å². The van der Waals surface area contributed by atoms with Crippen LogP contribution in [0.15, 0.2) is 0 Å². The Bertz CT molecular complexity index is 149. The van der Waals surface area contributed by atoms with Crippen LogP contribution in [0, 0.1) is 5.41 Å². The van der Waals surface area contributed by atoms with Crippen molar-refractivity contribution in [2.24, 2.45) is 5.41 Å². The summed E-state index contributed by atoms with van der Waals surface area (Å²) < 4.78 is 5.92. The predicted molar refractivity (Wildman–Crippen MR) is 52.3 cm³/mol. The van der Waals surface area contributed by atoms with Gasteiger partial charge in [0, 0.05) is 0 Å². The molecular weight excluding hydrogens is 148 g/mol. The Balaban J connectivity index is 2.40. The minimum Gasteiger partial charge on any atom is -0.372 e. The zero-order valence-electron chi connectivity index (χ0n) is 9.11. The van der Waals surface area contributed by atoms with Gasteiger partial charge < -0.3 is 4.74 Å². The number of rotatable bonds is 3. The number of hydrogen-bond acceptors (Lipinski definition) is 1. The van der Waals surface area contributed by atoms with Gasteiger partial charge in [0.25, 0.3) is 0 Å². The third-order valence-corrected chi connectivity index (χ3v) is 2.15. The second-order valence-corrected chi connectivity index (χ2v) is 5.59. The van der Waals surface area contributed by atoms with E-state index in [0.29, 0.717) is 11.5 Å². The Kier molecular flexibility index (Phi) is 2.53. The Morgan fingerprint density at radius 1 is 1.25 bits per heavy atom. The normalized spacial score (nSPS) is 21.5. The van der Waals surface area contributed by atoms with E-state index in [9.17, 15) is 0 Å². The lowest BCUT2D eigenvalue weighted by molar-refractivity contribution is -0.0326. The van der Waals surface area contributed by atoms with Crippen LogP contribution in [-0.4, -0.2) is 11.7 Å². The molecule has 0 aromatic rings. The van der Waals surface area contributed by atoms with Gasteiger partial charge in [-0.15, -0.1) is 0 Å². The molecule has 0 atom stereocenters. The van der Waals surface area contributed by atoms with Crippen molar-refractivity contribution in [1.82, 2.24) is 0 Å². The van der Waals surface area contributed by atoms with Crippen LogP contribution in [0.2, 0.25) is 0 Å². The van der Waals surface area contributed by atoms with Gasteiger partial charge in [-0.3, -0.25) is 0 Å². The fraction of sp³-hybridized carbons (Fsp3) is 1.00. The van der Waals surface area contributed by atoms with E-state index < -0.39 is 0 Å². The molecule has 0 amide bonds. The first kappa shape index (κ1) is 10.0. The van der Waals surface area contributed by atoms with Crippen molar-refractivity contribution >= 4 is 0 Å². The summed E-state index contributed by atoms with van der Waals surface area (Å²) in [5.74, 6) is 0. The fourth-order valence-electron chi connectivity index (χ4n) is 1.94. The first-order valence-electron chi connectivity index (χ1n) is 5.01. The Hall–Kier alpha value is -0.0400. The van der Waals surface area contributed by atoms with Gasteiger partial charge in [-0.05, 0) is 38.5 Å². The summed E-state index contributed by atoms with van der Waals surface area (Å²) in [7, 11) is 0. The summed E-state index contributed by atoms with van der Waals surface area (Å²) in [5, 5.41) is 0. The maximum Gasteiger partial charge on any atom is 0.0693 e. The van der Waals surface area contributed by atoms with E-state index in [0.717, 1.165) is 0 Å². The molecule has 0 heterocycles. The Labute approximate surface area is 76.5 Å². The van der Waals surface area contributed by atoms with Crippen LogP contribution in [0.1, 0.15) is 53.9 Å². The molecule has 1 aliphatic rings. The average molecular weight is 170 g/mol. The third-order valence-electron chi connectivity index (χ3n) is 2.15. The van der Waals surface area contributed by atoms with E-state index in [1.54, 1.807) is 0 Å². The van der Waals surface area contributed by atoms with Crippen molar-refractivity contribution < 1.29 is 4.74 Å². The van der Waals surface area contributed by atoms with Gasteiger partial charge in [0.15, 0.2) is 0 Å². The minimum absolute atomic E-state index is 0.256. The van der Waals surface area contributed by atoms with Crippen LogP contribution in [0.5, 0.6) is 0 Å². The van der Waals surface area contributed by atoms with Gasteiger partial charge in [-0.2, -0.15) is 0 Å². The van der Waals surface area contributed by atoms with Crippen molar-refractivity contribution in [1.29, 1.82) is 0 Å². The molecule has 12 heavy (non-hydrogen) atoms. The van der Waals surface area contributed by atoms with Crippen LogP contribution in [0.4, 0.5) is 0 Å². The molecule has 0 saturated heterocycles. The third kappa shape index (κ3) is 3.14. The lowest BCUT2D eigenvalue weighted by Crippen LogP contribution is -2.25. The van der Waals surface area contributed by atoms with Crippen LogP contribution in [0.25, 0.3) is 0 Å². The van der Waals surface area contributed by atoms with Crippen molar-refractivity contribution in [2.75, 3.05) is 0 Å². The van der Waals surface area contributed by atoms with Crippen LogP contribution >= 0.6 is 0 Å². The average Bonchev–Trinajstić information content (AvgIpc) is 2.40. The summed E-state index contributed by atoms with van der Waals surface area (Å²) in [6, 6.07) is 0. The lowest BCUT2D eigenvalue weighted by atomic mass is 9.88. The quantitative estimate of drug-likeness (QED) is 0.631.